The van der Waals surface area contributed by atoms with Crippen molar-refractivity contribution in [2.45, 2.75) is 25.7 Å². The van der Waals surface area contributed by atoms with E-state index in [1.165, 1.54) is 4.68 Å². The van der Waals surface area contributed by atoms with Crippen LogP contribution in [0.4, 0.5) is 11.4 Å². The Bertz CT molecular complexity index is 1270. The highest BCUT2D eigenvalue weighted by Gasteiger charge is 2.34. The number of fused-ring (bicyclic) bond motifs is 1. The Morgan fingerprint density at radius 3 is 2.30 bits per heavy atom. The fourth-order valence-electron chi connectivity index (χ4n) is 4.49. The zero-order valence-corrected chi connectivity index (χ0v) is 18.6. The minimum absolute atomic E-state index is 0.0944. The van der Waals surface area contributed by atoms with Crippen molar-refractivity contribution in [2.24, 2.45) is 5.73 Å². The summed E-state index contributed by atoms with van der Waals surface area (Å²) in [6, 6.07) is 14.3. The lowest BCUT2D eigenvalue weighted by molar-refractivity contribution is -0.119. The molecule has 168 valence electrons. The first-order valence-electron chi connectivity index (χ1n) is 10.8. The van der Waals surface area contributed by atoms with Crippen LogP contribution in [0, 0.1) is 0 Å². The molecule has 0 atom stereocenters. The van der Waals surface area contributed by atoms with E-state index in [0.717, 1.165) is 18.5 Å². The number of piperidine rings is 1. The standard InChI is InChI=1S/C24H22ClN5O3/c25-15-4-3-5-18(14-15)30-22-19(21(27-30)23(26)32)11-13-29(24(22)33)17-9-7-16(8-10-17)28-12-2-1-6-20(28)31/h3-5,7-10,14H,1-2,6,11-13H2,(H2,26,32). The third-order valence-corrected chi connectivity index (χ3v) is 6.33. The molecule has 0 spiro atoms. The van der Waals surface area contributed by atoms with Gasteiger partial charge in [0.15, 0.2) is 5.69 Å². The molecule has 3 aromatic rings. The first kappa shape index (κ1) is 21.2. The maximum atomic E-state index is 13.6. The van der Waals surface area contributed by atoms with Crippen LogP contribution in [0.2, 0.25) is 5.02 Å². The average molecular weight is 464 g/mol. The Morgan fingerprint density at radius 2 is 1.64 bits per heavy atom. The van der Waals surface area contributed by atoms with Crippen LogP contribution >= 0.6 is 11.6 Å². The van der Waals surface area contributed by atoms with Gasteiger partial charge in [-0.15, -0.1) is 0 Å². The molecule has 9 heteroatoms. The maximum absolute atomic E-state index is 13.6. The van der Waals surface area contributed by atoms with Gasteiger partial charge in [-0.1, -0.05) is 17.7 Å². The molecule has 0 radical (unpaired) electrons. The van der Waals surface area contributed by atoms with Crippen molar-refractivity contribution in [3.63, 3.8) is 0 Å². The van der Waals surface area contributed by atoms with Crippen LogP contribution in [-0.4, -0.2) is 40.6 Å². The predicted molar refractivity (Wildman–Crippen MR) is 125 cm³/mol. The van der Waals surface area contributed by atoms with Crippen molar-refractivity contribution in [1.29, 1.82) is 0 Å². The number of amides is 3. The summed E-state index contributed by atoms with van der Waals surface area (Å²) in [7, 11) is 0. The summed E-state index contributed by atoms with van der Waals surface area (Å²) in [5.74, 6) is -0.834. The first-order chi connectivity index (χ1) is 15.9. The molecule has 2 aliphatic rings. The van der Waals surface area contributed by atoms with Crippen molar-refractivity contribution in [1.82, 2.24) is 9.78 Å². The molecule has 5 rings (SSSR count). The Labute approximate surface area is 195 Å². The van der Waals surface area contributed by atoms with Crippen LogP contribution in [0.3, 0.4) is 0 Å². The number of hydrogen-bond donors (Lipinski definition) is 1. The summed E-state index contributed by atoms with van der Waals surface area (Å²) in [5.41, 5.74) is 8.59. The quantitative estimate of drug-likeness (QED) is 0.641. The van der Waals surface area contributed by atoms with E-state index in [0.29, 0.717) is 53.6 Å². The maximum Gasteiger partial charge on any atom is 0.277 e. The lowest BCUT2D eigenvalue weighted by atomic mass is 10.0. The molecule has 8 nitrogen and oxygen atoms in total. The van der Waals surface area contributed by atoms with Crippen molar-refractivity contribution in [3.8, 4) is 5.69 Å². The summed E-state index contributed by atoms with van der Waals surface area (Å²) >= 11 is 6.14. The van der Waals surface area contributed by atoms with E-state index in [1.54, 1.807) is 34.1 Å². The van der Waals surface area contributed by atoms with Crippen LogP contribution in [0.25, 0.3) is 5.69 Å². The molecule has 3 amide bonds. The highest BCUT2D eigenvalue weighted by molar-refractivity contribution is 6.30. The summed E-state index contributed by atoms with van der Waals surface area (Å²) in [5, 5.41) is 4.84. The van der Waals surface area contributed by atoms with Gasteiger partial charge in [0, 0.05) is 41.5 Å². The van der Waals surface area contributed by atoms with Crippen LogP contribution < -0.4 is 15.5 Å². The molecule has 2 aliphatic heterocycles. The molecule has 2 aromatic carbocycles. The Balaban J connectivity index is 1.51. The second-order valence-corrected chi connectivity index (χ2v) is 8.59. The van der Waals surface area contributed by atoms with Gasteiger partial charge in [0.1, 0.15) is 5.69 Å². The summed E-state index contributed by atoms with van der Waals surface area (Å²) < 4.78 is 1.44. The topological polar surface area (TPSA) is 102 Å². The van der Waals surface area contributed by atoms with Gasteiger partial charge in [-0.2, -0.15) is 5.10 Å². The first-order valence-corrected chi connectivity index (χ1v) is 11.2. The number of rotatable bonds is 4. The van der Waals surface area contributed by atoms with Crippen LogP contribution in [0.15, 0.2) is 48.5 Å². The van der Waals surface area contributed by atoms with Gasteiger partial charge in [0.05, 0.1) is 5.69 Å². The number of benzene rings is 2. The van der Waals surface area contributed by atoms with Gasteiger partial charge in [-0.25, -0.2) is 4.68 Å². The number of anilines is 2. The van der Waals surface area contributed by atoms with E-state index in [4.69, 9.17) is 17.3 Å². The number of carbonyl (C=O) groups excluding carboxylic acids is 3. The average Bonchev–Trinajstić information content (AvgIpc) is 3.21. The number of hydrogen-bond acceptors (Lipinski definition) is 4. The summed E-state index contributed by atoms with van der Waals surface area (Å²) in [6.45, 7) is 1.09. The van der Waals surface area contributed by atoms with E-state index >= 15 is 0 Å². The molecule has 1 aromatic heterocycles. The van der Waals surface area contributed by atoms with Gasteiger partial charge >= 0.3 is 0 Å². The fourth-order valence-corrected chi connectivity index (χ4v) is 4.67. The molecule has 33 heavy (non-hydrogen) atoms. The van der Waals surface area contributed by atoms with Crippen LogP contribution in [0.5, 0.6) is 0 Å². The minimum Gasteiger partial charge on any atom is -0.364 e. The van der Waals surface area contributed by atoms with E-state index in [1.807, 2.05) is 24.3 Å². The van der Waals surface area contributed by atoms with Crippen molar-refractivity contribution in [3.05, 3.63) is 70.5 Å². The third kappa shape index (κ3) is 3.76. The molecule has 3 heterocycles. The Hall–Kier alpha value is -3.65. The predicted octanol–water partition coefficient (Wildman–Crippen LogP) is 3.34. The lowest BCUT2D eigenvalue weighted by Gasteiger charge is -2.29. The largest absolute Gasteiger partial charge is 0.364 e. The van der Waals surface area contributed by atoms with E-state index in [2.05, 4.69) is 5.10 Å². The van der Waals surface area contributed by atoms with Crippen LogP contribution in [0.1, 0.15) is 45.8 Å². The third-order valence-electron chi connectivity index (χ3n) is 6.10. The molecule has 1 fully saturated rings. The van der Waals surface area contributed by atoms with E-state index < -0.39 is 5.91 Å². The highest BCUT2D eigenvalue weighted by Crippen LogP contribution is 2.31. The highest BCUT2D eigenvalue weighted by atomic mass is 35.5. The monoisotopic (exact) mass is 463 g/mol. The Kier molecular flexibility index (Phi) is 5.38. The second kappa shape index (κ2) is 8.37. The normalized spacial score (nSPS) is 16.2. The Morgan fingerprint density at radius 1 is 0.909 bits per heavy atom. The smallest absolute Gasteiger partial charge is 0.277 e. The molecular weight excluding hydrogens is 442 g/mol. The molecule has 0 unspecified atom stereocenters. The number of nitrogens with zero attached hydrogens (tertiary/aromatic N) is 4. The summed E-state index contributed by atoms with van der Waals surface area (Å²) in [4.78, 5) is 41.3. The zero-order chi connectivity index (χ0) is 23.1. The van der Waals surface area contributed by atoms with Crippen LogP contribution in [-0.2, 0) is 11.2 Å². The van der Waals surface area contributed by atoms with Gasteiger partial charge in [0.25, 0.3) is 11.8 Å². The number of primary amides is 1. The van der Waals surface area contributed by atoms with Gasteiger partial charge in [-0.3, -0.25) is 14.4 Å². The summed E-state index contributed by atoms with van der Waals surface area (Å²) in [6.07, 6.45) is 2.90. The van der Waals surface area contributed by atoms with Gasteiger partial charge in [0.2, 0.25) is 5.91 Å². The number of halogens is 1. The van der Waals surface area contributed by atoms with Crippen molar-refractivity contribution in [2.75, 3.05) is 22.9 Å². The zero-order valence-electron chi connectivity index (χ0n) is 17.8. The second-order valence-electron chi connectivity index (χ2n) is 8.16. The number of aromatic nitrogens is 2. The van der Waals surface area contributed by atoms with Crippen molar-refractivity contribution >= 4 is 40.7 Å². The van der Waals surface area contributed by atoms with Gasteiger partial charge in [-0.05, 0) is 61.7 Å². The molecule has 0 bridgehead atoms. The molecule has 0 saturated carbocycles. The fraction of sp³-hybridized carbons (Fsp3) is 0.250. The molecule has 0 aliphatic carbocycles. The van der Waals surface area contributed by atoms with E-state index in [-0.39, 0.29) is 17.5 Å². The van der Waals surface area contributed by atoms with E-state index in [9.17, 15) is 14.4 Å². The molecule has 2 N–H and O–H groups in total. The van der Waals surface area contributed by atoms with Gasteiger partial charge < -0.3 is 15.5 Å². The number of carbonyl (C=O) groups is 3. The molecular formula is C24H22ClN5O3. The minimum atomic E-state index is -0.677. The van der Waals surface area contributed by atoms with Crippen molar-refractivity contribution < 1.29 is 14.4 Å². The number of nitrogens with two attached hydrogens (primary N) is 1. The SMILES string of the molecule is NC(=O)c1nn(-c2cccc(Cl)c2)c2c1CCN(c1ccc(N3CCCCC3=O)cc1)C2=O. The lowest BCUT2D eigenvalue weighted by Crippen LogP contribution is -2.39. The molecule has 1 saturated heterocycles.